The van der Waals surface area contributed by atoms with E-state index in [2.05, 4.69) is 4.98 Å². The van der Waals surface area contributed by atoms with Crippen LogP contribution in [0.1, 0.15) is 0 Å². The molecule has 6 nitrogen and oxygen atoms in total. The molecule has 2 aromatic carbocycles. The van der Waals surface area contributed by atoms with Gasteiger partial charge in [0.25, 0.3) is 5.69 Å². The molecule has 0 fully saturated rings. The van der Waals surface area contributed by atoms with Gasteiger partial charge < -0.3 is 10.7 Å². The van der Waals surface area contributed by atoms with Gasteiger partial charge in [0, 0.05) is 28.7 Å². The number of hydrogen-bond donors (Lipinski definition) is 2. The average Bonchev–Trinajstić information content (AvgIpc) is 2.39. The van der Waals surface area contributed by atoms with Crippen LogP contribution in [-0.4, -0.2) is 9.91 Å². The Bertz CT molecular complexity index is 883. The van der Waals surface area contributed by atoms with E-state index in [4.69, 9.17) is 5.73 Å². The van der Waals surface area contributed by atoms with Crippen molar-refractivity contribution >= 4 is 33.2 Å². The quantitative estimate of drug-likeness (QED) is 0.301. The lowest BCUT2D eigenvalue weighted by atomic mass is 10.1. The Hall–Kier alpha value is -2.89. The van der Waals surface area contributed by atoms with Crippen molar-refractivity contribution in [3.8, 4) is 0 Å². The largest absolute Gasteiger partial charge is 0.399 e. The minimum atomic E-state index is -0.525. The second-order valence-electron chi connectivity index (χ2n) is 4.25. The first-order chi connectivity index (χ1) is 9.06. The number of hydrogen-bond acceptors (Lipinski definition) is 4. The zero-order valence-electron chi connectivity index (χ0n) is 9.71. The molecule has 0 bridgehead atoms. The van der Waals surface area contributed by atoms with E-state index in [-0.39, 0.29) is 16.5 Å². The van der Waals surface area contributed by atoms with Gasteiger partial charge in [-0.05, 0) is 24.3 Å². The summed E-state index contributed by atoms with van der Waals surface area (Å²) in [5.41, 5.74) is 6.97. The Labute approximate surface area is 106 Å². The summed E-state index contributed by atoms with van der Waals surface area (Å²) in [5.74, 6) is 0. The summed E-state index contributed by atoms with van der Waals surface area (Å²) < 4.78 is 0. The predicted octanol–water partition coefficient (Wildman–Crippen LogP) is 2.17. The number of aromatic nitrogens is 1. The molecule has 0 aliphatic heterocycles. The number of nitrogen functional groups attached to an aromatic ring is 1. The monoisotopic (exact) mass is 255 g/mol. The van der Waals surface area contributed by atoms with E-state index in [9.17, 15) is 14.9 Å². The van der Waals surface area contributed by atoms with Crippen LogP contribution in [0.5, 0.6) is 0 Å². The lowest BCUT2D eigenvalue weighted by molar-refractivity contribution is -0.384. The van der Waals surface area contributed by atoms with Gasteiger partial charge >= 0.3 is 0 Å². The average molecular weight is 255 g/mol. The van der Waals surface area contributed by atoms with Crippen molar-refractivity contribution in [2.45, 2.75) is 0 Å². The molecule has 19 heavy (non-hydrogen) atoms. The maximum Gasteiger partial charge on any atom is 0.270 e. The predicted molar refractivity (Wildman–Crippen MR) is 73.1 cm³/mol. The van der Waals surface area contributed by atoms with Crippen molar-refractivity contribution in [2.24, 2.45) is 0 Å². The van der Waals surface area contributed by atoms with Crippen molar-refractivity contribution < 1.29 is 4.92 Å². The molecular weight excluding hydrogens is 246 g/mol. The molecule has 6 heteroatoms. The molecule has 3 rings (SSSR count). The maximum atomic E-state index is 12.3. The van der Waals surface area contributed by atoms with Crippen LogP contribution < -0.4 is 11.2 Å². The highest BCUT2D eigenvalue weighted by Crippen LogP contribution is 2.20. The standard InChI is InChI=1S/C13H9N3O3/c14-7-1-3-11-9(5-7)13(17)10-6-8(16(18)19)2-4-12(10)15-11/h1-6H,14H2,(H,15,17). The fraction of sp³-hybridized carbons (Fsp3) is 0. The maximum absolute atomic E-state index is 12.3. The third-order valence-electron chi connectivity index (χ3n) is 3.02. The number of H-pyrrole nitrogens is 1. The summed E-state index contributed by atoms with van der Waals surface area (Å²) in [7, 11) is 0. The first kappa shape index (κ1) is 11.2. The van der Waals surface area contributed by atoms with Gasteiger partial charge in [-0.25, -0.2) is 0 Å². The summed E-state index contributed by atoms with van der Waals surface area (Å²) in [6, 6.07) is 9.14. The highest BCUT2D eigenvalue weighted by atomic mass is 16.6. The van der Waals surface area contributed by atoms with Crippen LogP contribution in [0, 0.1) is 10.1 Å². The zero-order chi connectivity index (χ0) is 13.6. The van der Waals surface area contributed by atoms with E-state index < -0.39 is 4.92 Å². The number of benzene rings is 2. The summed E-state index contributed by atoms with van der Waals surface area (Å²) in [6.45, 7) is 0. The number of nitrogens with two attached hydrogens (primary N) is 1. The van der Waals surface area contributed by atoms with Crippen LogP contribution in [0.4, 0.5) is 11.4 Å². The zero-order valence-corrected chi connectivity index (χ0v) is 9.71. The third kappa shape index (κ3) is 1.70. The molecule has 3 aromatic rings. The third-order valence-corrected chi connectivity index (χ3v) is 3.02. The van der Waals surface area contributed by atoms with Crippen LogP contribution in [0.15, 0.2) is 41.2 Å². The van der Waals surface area contributed by atoms with Crippen molar-refractivity contribution in [1.82, 2.24) is 4.98 Å². The number of pyridine rings is 1. The van der Waals surface area contributed by atoms with Crippen molar-refractivity contribution in [1.29, 1.82) is 0 Å². The lowest BCUT2D eigenvalue weighted by Crippen LogP contribution is -2.05. The highest BCUT2D eigenvalue weighted by Gasteiger charge is 2.11. The second kappa shape index (κ2) is 3.81. The molecule has 0 saturated carbocycles. The van der Waals surface area contributed by atoms with Gasteiger partial charge in [-0.2, -0.15) is 0 Å². The molecule has 3 N–H and O–H groups in total. The topological polar surface area (TPSA) is 102 Å². The lowest BCUT2D eigenvalue weighted by Gasteiger charge is -2.03. The first-order valence-corrected chi connectivity index (χ1v) is 5.56. The van der Waals surface area contributed by atoms with Gasteiger partial charge in [0.05, 0.1) is 15.8 Å². The Kier molecular flexibility index (Phi) is 2.25. The molecule has 0 aliphatic carbocycles. The van der Waals surface area contributed by atoms with Crippen LogP contribution in [0.3, 0.4) is 0 Å². The smallest absolute Gasteiger partial charge is 0.270 e. The Balaban J connectivity index is 2.48. The minimum absolute atomic E-state index is 0.110. The van der Waals surface area contributed by atoms with Crippen LogP contribution in [-0.2, 0) is 0 Å². The van der Waals surface area contributed by atoms with Gasteiger partial charge in [0.1, 0.15) is 0 Å². The fourth-order valence-electron chi connectivity index (χ4n) is 2.09. The van der Waals surface area contributed by atoms with Gasteiger partial charge in [-0.3, -0.25) is 14.9 Å². The van der Waals surface area contributed by atoms with E-state index in [1.807, 2.05) is 0 Å². The summed E-state index contributed by atoms with van der Waals surface area (Å²) in [4.78, 5) is 25.6. The molecule has 0 spiro atoms. The van der Waals surface area contributed by atoms with E-state index in [1.54, 1.807) is 18.2 Å². The molecule has 94 valence electrons. The normalized spacial score (nSPS) is 10.9. The van der Waals surface area contributed by atoms with E-state index >= 15 is 0 Å². The number of nitro benzene ring substituents is 1. The molecule has 0 saturated heterocycles. The summed E-state index contributed by atoms with van der Waals surface area (Å²) in [6.07, 6.45) is 0. The van der Waals surface area contributed by atoms with Crippen molar-refractivity contribution in [3.05, 3.63) is 56.7 Å². The van der Waals surface area contributed by atoms with E-state index in [1.165, 1.54) is 18.2 Å². The molecule has 0 aliphatic rings. The number of nitro groups is 1. The molecule has 1 heterocycles. The van der Waals surface area contributed by atoms with Gasteiger partial charge in [0.15, 0.2) is 5.43 Å². The van der Waals surface area contributed by atoms with Gasteiger partial charge in [-0.1, -0.05) is 0 Å². The number of non-ortho nitro benzene ring substituents is 1. The SMILES string of the molecule is Nc1ccc2[nH]c3ccc([N+](=O)[O-])cc3c(=O)c2c1. The molecular formula is C13H9N3O3. The Morgan fingerprint density at radius 2 is 1.68 bits per heavy atom. The molecule has 0 radical (unpaired) electrons. The number of fused-ring (bicyclic) bond motifs is 2. The Morgan fingerprint density at radius 1 is 1.05 bits per heavy atom. The van der Waals surface area contributed by atoms with Crippen molar-refractivity contribution in [3.63, 3.8) is 0 Å². The van der Waals surface area contributed by atoms with Crippen LogP contribution >= 0.6 is 0 Å². The Morgan fingerprint density at radius 3 is 2.37 bits per heavy atom. The second-order valence-corrected chi connectivity index (χ2v) is 4.25. The van der Waals surface area contributed by atoms with E-state index in [0.717, 1.165) is 0 Å². The summed E-state index contributed by atoms with van der Waals surface area (Å²) in [5, 5.41) is 11.5. The van der Waals surface area contributed by atoms with Crippen LogP contribution in [0.2, 0.25) is 0 Å². The van der Waals surface area contributed by atoms with Gasteiger partial charge in [0.2, 0.25) is 0 Å². The number of anilines is 1. The minimum Gasteiger partial charge on any atom is -0.399 e. The number of rotatable bonds is 1. The number of nitrogens with zero attached hydrogens (tertiary/aromatic N) is 1. The molecule has 1 aromatic heterocycles. The fourth-order valence-corrected chi connectivity index (χ4v) is 2.09. The number of aromatic amines is 1. The van der Waals surface area contributed by atoms with Crippen molar-refractivity contribution in [2.75, 3.05) is 5.73 Å². The van der Waals surface area contributed by atoms with Crippen LogP contribution in [0.25, 0.3) is 21.8 Å². The highest BCUT2D eigenvalue weighted by molar-refractivity contribution is 5.94. The van der Waals surface area contributed by atoms with Gasteiger partial charge in [-0.15, -0.1) is 0 Å². The first-order valence-electron chi connectivity index (χ1n) is 5.56. The molecule has 0 atom stereocenters. The van der Waals surface area contributed by atoms with E-state index in [0.29, 0.717) is 22.1 Å². The molecule has 0 amide bonds. The summed E-state index contributed by atoms with van der Waals surface area (Å²) >= 11 is 0. The number of nitrogens with one attached hydrogen (secondary N) is 1. The molecule has 0 unspecified atom stereocenters.